The molecule has 0 spiro atoms. The third kappa shape index (κ3) is 164. The summed E-state index contributed by atoms with van der Waals surface area (Å²) in [6, 6.07) is 0. The van der Waals surface area contributed by atoms with Crippen LogP contribution in [0.25, 0.3) is 0 Å². The number of carbonyl (C=O) groups excluding carboxylic acids is 2. The average molecular weight is 146 g/mol. The van der Waals surface area contributed by atoms with Gasteiger partial charge >= 0.3 is 0 Å². The third-order valence-electron chi connectivity index (χ3n) is 0.498. The predicted octanol–water partition coefficient (Wildman–Crippen LogP) is 2.22. The number of Topliss-reactive ketones (excluding diaryl/α,β-unsaturated/α-hetero) is 2. The van der Waals surface area contributed by atoms with Gasteiger partial charge in [0.25, 0.3) is 0 Å². The van der Waals surface area contributed by atoms with E-state index in [4.69, 9.17) is 0 Å². The molecular weight excluding hydrogens is 128 g/mol. The van der Waals surface area contributed by atoms with Crippen molar-refractivity contribution in [2.45, 2.75) is 41.5 Å². The lowest BCUT2D eigenvalue weighted by Gasteiger charge is -1.71. The number of rotatable bonds is 1. The van der Waals surface area contributed by atoms with E-state index in [-0.39, 0.29) is 19.0 Å². The van der Waals surface area contributed by atoms with Crippen LogP contribution >= 0.6 is 0 Å². The van der Waals surface area contributed by atoms with Crippen molar-refractivity contribution in [1.82, 2.24) is 0 Å². The van der Waals surface area contributed by atoms with Crippen LogP contribution in [0, 0.1) is 0 Å². The van der Waals surface area contributed by atoms with Crippen molar-refractivity contribution in [3.05, 3.63) is 0 Å². The first kappa shape index (κ1) is 16.2. The molecule has 0 fully saturated rings. The van der Waals surface area contributed by atoms with Crippen molar-refractivity contribution >= 4 is 11.6 Å². The van der Waals surface area contributed by atoms with Gasteiger partial charge in [0.05, 0.1) is 0 Å². The maximum absolute atomic E-state index is 9.81. The van der Waals surface area contributed by atoms with Crippen LogP contribution in [0.2, 0.25) is 0 Å². The summed E-state index contributed by atoms with van der Waals surface area (Å²) in [4.78, 5) is 19.3. The second kappa shape index (κ2) is 11.2. The molecule has 0 aliphatic heterocycles. The Bertz CT molecular complexity index is 91.4. The van der Waals surface area contributed by atoms with E-state index < -0.39 is 0 Å². The van der Waals surface area contributed by atoms with E-state index in [1.54, 1.807) is 6.92 Å². The largest absolute Gasteiger partial charge is 0.300 e. The summed E-state index contributed by atoms with van der Waals surface area (Å²) in [6.07, 6.45) is 0.667. The quantitative estimate of drug-likeness (QED) is 0.568. The van der Waals surface area contributed by atoms with Crippen LogP contribution in [0.3, 0.4) is 0 Å². The third-order valence-corrected chi connectivity index (χ3v) is 0.498. The second-order valence-corrected chi connectivity index (χ2v) is 1.96. The highest BCUT2D eigenvalue weighted by atomic mass is 16.1. The Kier molecular flexibility index (Phi) is 18.1. The van der Waals surface area contributed by atoms with Crippen LogP contribution in [0.5, 0.6) is 0 Å². The second-order valence-electron chi connectivity index (χ2n) is 1.96. The highest BCUT2D eigenvalue weighted by Gasteiger charge is 1.76. The fraction of sp³-hybridized carbons (Fsp3) is 0.750. The van der Waals surface area contributed by atoms with E-state index in [9.17, 15) is 9.59 Å². The van der Waals surface area contributed by atoms with Crippen LogP contribution < -0.4 is 0 Å². The summed E-state index contributed by atoms with van der Waals surface area (Å²) < 4.78 is 0. The zero-order valence-electron chi connectivity index (χ0n) is 6.52. The van der Waals surface area contributed by atoms with Crippen molar-refractivity contribution in [3.63, 3.8) is 0 Å². The SMILES string of the molecule is C.CC(C)=O.CCC(C)=O. The summed E-state index contributed by atoms with van der Waals surface area (Å²) >= 11 is 0. The molecule has 0 aromatic carbocycles. The summed E-state index contributed by atoms with van der Waals surface area (Å²) in [5.74, 6) is 0.421. The van der Waals surface area contributed by atoms with Crippen molar-refractivity contribution < 1.29 is 9.59 Å². The minimum absolute atomic E-state index is 0. The normalized spacial score (nSPS) is 6.40. The zero-order chi connectivity index (χ0) is 7.86. The Hall–Kier alpha value is -0.660. The molecule has 0 unspecified atom stereocenters. The van der Waals surface area contributed by atoms with Gasteiger partial charge in [0.1, 0.15) is 11.6 Å². The molecule has 0 radical (unpaired) electrons. The Balaban J connectivity index is -0.0000000910. The monoisotopic (exact) mass is 146 g/mol. The Labute approximate surface area is 63.6 Å². The average Bonchev–Trinajstić information content (AvgIpc) is 1.65. The predicted molar refractivity (Wildman–Crippen MR) is 44.1 cm³/mol. The number of carbonyl (C=O) groups is 2. The molecule has 0 bridgehead atoms. The van der Waals surface area contributed by atoms with E-state index in [2.05, 4.69) is 0 Å². The highest BCUT2D eigenvalue weighted by molar-refractivity contribution is 5.74. The molecule has 0 aliphatic rings. The molecule has 0 saturated heterocycles. The van der Waals surface area contributed by atoms with E-state index in [0.29, 0.717) is 6.42 Å². The summed E-state index contributed by atoms with van der Waals surface area (Å²) in [5, 5.41) is 0. The molecule has 0 aliphatic carbocycles. The first-order valence-electron chi connectivity index (χ1n) is 2.97. The minimum atomic E-state index is 0. The molecule has 0 N–H and O–H groups in total. The van der Waals surface area contributed by atoms with Gasteiger partial charge in [0.2, 0.25) is 0 Å². The van der Waals surface area contributed by atoms with Crippen LogP contribution in [0.1, 0.15) is 41.5 Å². The molecule has 0 heterocycles. The lowest BCUT2D eigenvalue weighted by molar-refractivity contribution is -0.117. The number of hydrogen-bond acceptors (Lipinski definition) is 2. The van der Waals surface area contributed by atoms with Gasteiger partial charge in [-0.05, 0) is 20.8 Å². The maximum Gasteiger partial charge on any atom is 0.129 e. The first-order chi connectivity index (χ1) is 4.00. The molecule has 0 aromatic rings. The molecule has 0 saturated carbocycles. The van der Waals surface area contributed by atoms with E-state index in [1.807, 2.05) is 6.92 Å². The Morgan fingerprint density at radius 3 is 1.20 bits per heavy atom. The molecule has 0 atom stereocenters. The molecule has 0 aromatic heterocycles. The highest BCUT2D eigenvalue weighted by Crippen LogP contribution is 1.71. The summed E-state index contributed by atoms with van der Waals surface area (Å²) in [7, 11) is 0. The van der Waals surface area contributed by atoms with Crippen LogP contribution in [0.4, 0.5) is 0 Å². The van der Waals surface area contributed by atoms with Crippen molar-refractivity contribution in [2.75, 3.05) is 0 Å². The van der Waals surface area contributed by atoms with E-state index in [0.717, 1.165) is 0 Å². The van der Waals surface area contributed by atoms with Gasteiger partial charge in [-0.25, -0.2) is 0 Å². The first-order valence-corrected chi connectivity index (χ1v) is 2.97. The molecule has 0 amide bonds. The van der Waals surface area contributed by atoms with E-state index in [1.165, 1.54) is 13.8 Å². The fourth-order valence-corrected chi connectivity index (χ4v) is 0. The number of hydrogen-bond donors (Lipinski definition) is 0. The van der Waals surface area contributed by atoms with Gasteiger partial charge in [0.15, 0.2) is 0 Å². The fourth-order valence-electron chi connectivity index (χ4n) is 0. The van der Waals surface area contributed by atoms with E-state index >= 15 is 0 Å². The van der Waals surface area contributed by atoms with Crippen LogP contribution in [-0.2, 0) is 9.59 Å². The Morgan fingerprint density at radius 1 is 1.10 bits per heavy atom. The maximum atomic E-state index is 9.81. The molecule has 2 heteroatoms. The minimum Gasteiger partial charge on any atom is -0.300 e. The summed E-state index contributed by atoms with van der Waals surface area (Å²) in [5.41, 5.74) is 0. The molecule has 62 valence electrons. The lowest BCUT2D eigenvalue weighted by atomic mass is 10.4. The van der Waals surface area contributed by atoms with Gasteiger partial charge in [-0.3, -0.25) is 0 Å². The Morgan fingerprint density at radius 2 is 1.20 bits per heavy atom. The van der Waals surface area contributed by atoms with Gasteiger partial charge in [-0.15, -0.1) is 0 Å². The van der Waals surface area contributed by atoms with Crippen molar-refractivity contribution in [2.24, 2.45) is 0 Å². The number of ketones is 2. The molecule has 2 nitrogen and oxygen atoms in total. The summed E-state index contributed by atoms with van der Waals surface area (Å²) in [6.45, 7) is 6.49. The van der Waals surface area contributed by atoms with Crippen molar-refractivity contribution in [3.8, 4) is 0 Å². The van der Waals surface area contributed by atoms with Gasteiger partial charge < -0.3 is 9.59 Å². The lowest BCUT2D eigenvalue weighted by Crippen LogP contribution is -1.80. The van der Waals surface area contributed by atoms with Crippen LogP contribution in [-0.4, -0.2) is 11.6 Å². The molecular formula is C8H18O2. The topological polar surface area (TPSA) is 34.1 Å². The molecule has 10 heavy (non-hydrogen) atoms. The van der Waals surface area contributed by atoms with Gasteiger partial charge in [-0.2, -0.15) is 0 Å². The van der Waals surface area contributed by atoms with Gasteiger partial charge in [0, 0.05) is 6.42 Å². The van der Waals surface area contributed by atoms with Crippen molar-refractivity contribution in [1.29, 1.82) is 0 Å². The zero-order valence-corrected chi connectivity index (χ0v) is 6.52. The van der Waals surface area contributed by atoms with Gasteiger partial charge in [-0.1, -0.05) is 14.4 Å². The van der Waals surface area contributed by atoms with Crippen LogP contribution in [0.15, 0.2) is 0 Å². The standard InChI is InChI=1S/C4H8O.C3H6O.CH4/c1-3-4(2)5;1-3(2)4;/h3H2,1-2H3;1-2H3;1H4. The smallest absolute Gasteiger partial charge is 0.129 e. The molecule has 0 rings (SSSR count).